The first-order valence-electron chi connectivity index (χ1n) is 17.3. The van der Waals surface area contributed by atoms with Gasteiger partial charge in [0.1, 0.15) is 11.5 Å². The summed E-state index contributed by atoms with van der Waals surface area (Å²) in [5.41, 5.74) is 9.02. The second-order valence-electron chi connectivity index (χ2n) is 12.8. The lowest BCUT2D eigenvalue weighted by Gasteiger charge is -2.43. The minimum atomic E-state index is -0.861. The molecule has 50 heavy (non-hydrogen) atoms. The highest BCUT2D eigenvalue weighted by atomic mass is 16.5. The number of methoxy groups -OCH3 is 3. The van der Waals surface area contributed by atoms with Crippen molar-refractivity contribution in [2.75, 3.05) is 60.8 Å². The van der Waals surface area contributed by atoms with E-state index in [1.165, 1.54) is 0 Å². The van der Waals surface area contributed by atoms with E-state index in [4.69, 9.17) is 38.9 Å². The smallest absolute Gasteiger partial charge is 0.239 e. The first-order chi connectivity index (χ1) is 24.2. The quantitative estimate of drug-likeness (QED) is 0.157. The van der Waals surface area contributed by atoms with Crippen LogP contribution in [-0.4, -0.2) is 95.0 Å². The third-order valence-electron chi connectivity index (χ3n) is 8.80. The number of piperidine rings is 1. The number of benzene rings is 3. The van der Waals surface area contributed by atoms with E-state index in [-0.39, 0.29) is 30.9 Å². The predicted molar refractivity (Wildman–Crippen MR) is 191 cm³/mol. The molecule has 0 spiro atoms. The fraction of sp³-hybridized carbons (Fsp3) is 0.513. The van der Waals surface area contributed by atoms with Crippen LogP contribution in [0.15, 0.2) is 66.7 Å². The predicted octanol–water partition coefficient (Wildman–Crippen LogP) is 4.96. The average molecular weight is 695 g/mol. The van der Waals surface area contributed by atoms with Gasteiger partial charge in [0.05, 0.1) is 65.5 Å². The van der Waals surface area contributed by atoms with Gasteiger partial charge in [0, 0.05) is 51.1 Å². The van der Waals surface area contributed by atoms with E-state index in [1.54, 1.807) is 26.2 Å². The average Bonchev–Trinajstić information content (AvgIpc) is 3.13. The van der Waals surface area contributed by atoms with Crippen LogP contribution in [0.5, 0.6) is 23.0 Å². The molecule has 1 heterocycles. The van der Waals surface area contributed by atoms with Crippen LogP contribution in [0.4, 0.5) is 0 Å². The van der Waals surface area contributed by atoms with Crippen molar-refractivity contribution in [1.82, 2.24) is 4.90 Å². The minimum Gasteiger partial charge on any atom is -0.496 e. The van der Waals surface area contributed by atoms with Gasteiger partial charge in [-0.2, -0.15) is 0 Å². The number of hydrogen-bond donors (Lipinski definition) is 2. The molecule has 0 saturated carbocycles. The lowest BCUT2D eigenvalue weighted by atomic mass is 9.84. The Balaban J connectivity index is 1.39. The summed E-state index contributed by atoms with van der Waals surface area (Å²) in [6, 6.07) is 20.5. The van der Waals surface area contributed by atoms with Crippen molar-refractivity contribution in [3.05, 3.63) is 83.4 Å². The summed E-state index contributed by atoms with van der Waals surface area (Å²) < 4.78 is 40.3. The van der Waals surface area contributed by atoms with E-state index in [0.717, 1.165) is 41.0 Å². The van der Waals surface area contributed by atoms with E-state index < -0.39 is 18.2 Å². The van der Waals surface area contributed by atoms with Crippen LogP contribution in [-0.2, 0) is 32.2 Å². The maximum atomic E-state index is 13.3. The summed E-state index contributed by atoms with van der Waals surface area (Å²) in [6.07, 6.45) is 0.108. The first kappa shape index (κ1) is 38.9. The van der Waals surface area contributed by atoms with E-state index in [1.807, 2.05) is 80.6 Å². The van der Waals surface area contributed by atoms with Crippen molar-refractivity contribution in [3.63, 3.8) is 0 Å². The van der Waals surface area contributed by atoms with Gasteiger partial charge in [0.15, 0.2) is 11.5 Å². The minimum absolute atomic E-state index is 0.0372. The SMILES string of the molecule is COCCCOc1cc(CO[C@H]2CN(C(=O)C(N)C(C)C)C[C@@H](O)[C@@H]2c2ccc(OCCCOCc3ccccc3OC)cc2)ccc1OC. The fourth-order valence-electron chi connectivity index (χ4n) is 5.92. The fourth-order valence-corrected chi connectivity index (χ4v) is 5.92. The Morgan fingerprint density at radius 2 is 1.56 bits per heavy atom. The van der Waals surface area contributed by atoms with Crippen molar-refractivity contribution in [2.45, 2.75) is 64.1 Å². The molecule has 1 saturated heterocycles. The molecule has 4 atom stereocenters. The number of nitrogens with two attached hydrogens (primary N) is 1. The first-order valence-corrected chi connectivity index (χ1v) is 17.3. The second kappa shape index (κ2) is 20.1. The molecule has 0 radical (unpaired) electrons. The summed E-state index contributed by atoms with van der Waals surface area (Å²) >= 11 is 0. The maximum absolute atomic E-state index is 13.3. The number of β-amino-alcohol motifs (C(OH)–C–C–N with tert-alkyl or cyclic N) is 1. The number of rotatable bonds is 20. The zero-order chi connectivity index (χ0) is 35.9. The van der Waals surface area contributed by atoms with Crippen LogP contribution in [0.3, 0.4) is 0 Å². The monoisotopic (exact) mass is 694 g/mol. The highest BCUT2D eigenvalue weighted by Gasteiger charge is 2.40. The highest BCUT2D eigenvalue weighted by molar-refractivity contribution is 5.82. The van der Waals surface area contributed by atoms with Crippen LogP contribution < -0.4 is 24.7 Å². The molecule has 11 heteroatoms. The molecule has 1 fully saturated rings. The van der Waals surface area contributed by atoms with Crippen molar-refractivity contribution in [1.29, 1.82) is 0 Å². The number of carbonyl (C=O) groups excluding carboxylic acids is 1. The molecule has 1 unspecified atom stereocenters. The summed E-state index contributed by atoms with van der Waals surface area (Å²) in [5.74, 6) is 2.16. The zero-order valence-electron chi connectivity index (χ0n) is 30.0. The molecule has 3 aromatic carbocycles. The van der Waals surface area contributed by atoms with Crippen LogP contribution in [0.2, 0.25) is 0 Å². The number of aliphatic hydroxyl groups is 1. The molecule has 1 aliphatic heterocycles. The molecule has 0 aliphatic carbocycles. The summed E-state index contributed by atoms with van der Waals surface area (Å²) in [5, 5.41) is 11.5. The Morgan fingerprint density at radius 1 is 0.840 bits per heavy atom. The van der Waals surface area contributed by atoms with Gasteiger partial charge in [-0.3, -0.25) is 4.79 Å². The van der Waals surface area contributed by atoms with Crippen molar-refractivity contribution < 1.29 is 43.1 Å². The highest BCUT2D eigenvalue weighted by Crippen LogP contribution is 2.34. The number of hydrogen-bond acceptors (Lipinski definition) is 10. The maximum Gasteiger partial charge on any atom is 0.239 e. The van der Waals surface area contributed by atoms with Gasteiger partial charge in [-0.15, -0.1) is 0 Å². The van der Waals surface area contributed by atoms with E-state index in [0.29, 0.717) is 51.1 Å². The molecule has 1 aliphatic rings. The number of amides is 1. The van der Waals surface area contributed by atoms with Gasteiger partial charge in [-0.25, -0.2) is 0 Å². The number of carbonyl (C=O) groups is 1. The largest absolute Gasteiger partial charge is 0.496 e. The van der Waals surface area contributed by atoms with Crippen LogP contribution in [0.1, 0.15) is 49.3 Å². The number of ether oxygens (including phenoxy) is 7. The molecule has 274 valence electrons. The number of para-hydroxylation sites is 1. The number of nitrogens with zero attached hydrogens (tertiary/aromatic N) is 1. The molecule has 3 aromatic rings. The Kier molecular flexibility index (Phi) is 15.6. The second-order valence-corrected chi connectivity index (χ2v) is 12.8. The van der Waals surface area contributed by atoms with Crippen molar-refractivity contribution >= 4 is 5.91 Å². The van der Waals surface area contributed by atoms with E-state index in [9.17, 15) is 9.90 Å². The van der Waals surface area contributed by atoms with Gasteiger partial charge in [-0.05, 0) is 47.4 Å². The molecular formula is C39H54N2O9. The number of aliphatic hydroxyl groups excluding tert-OH is 1. The lowest BCUT2D eigenvalue weighted by Crippen LogP contribution is -2.57. The molecule has 0 aromatic heterocycles. The lowest BCUT2D eigenvalue weighted by molar-refractivity contribution is -0.144. The van der Waals surface area contributed by atoms with Gasteiger partial charge < -0.3 is 48.9 Å². The summed E-state index contributed by atoms with van der Waals surface area (Å²) in [4.78, 5) is 14.9. The van der Waals surface area contributed by atoms with Gasteiger partial charge >= 0.3 is 0 Å². The van der Waals surface area contributed by atoms with Crippen LogP contribution in [0, 0.1) is 5.92 Å². The zero-order valence-corrected chi connectivity index (χ0v) is 30.0. The van der Waals surface area contributed by atoms with Crippen molar-refractivity contribution in [3.8, 4) is 23.0 Å². The van der Waals surface area contributed by atoms with Crippen LogP contribution in [0.25, 0.3) is 0 Å². The van der Waals surface area contributed by atoms with Crippen LogP contribution >= 0.6 is 0 Å². The third kappa shape index (κ3) is 11.1. The molecule has 3 N–H and O–H groups in total. The Bertz CT molecular complexity index is 1450. The topological polar surface area (TPSA) is 131 Å². The Hall–Kier alpha value is -3.87. The van der Waals surface area contributed by atoms with Gasteiger partial charge in [0.2, 0.25) is 5.91 Å². The molecule has 1 amide bonds. The molecular weight excluding hydrogens is 640 g/mol. The number of likely N-dealkylation sites (tertiary alicyclic amines) is 1. The van der Waals surface area contributed by atoms with Gasteiger partial charge in [-0.1, -0.05) is 50.2 Å². The Labute approximate surface area is 296 Å². The summed E-state index contributed by atoms with van der Waals surface area (Å²) in [6.45, 7) is 7.13. The normalized spacial score (nSPS) is 18.2. The standard InChI is InChI=1S/C39H54N2O9/c1-27(2)38(40)39(43)41-23-32(42)37(36(24-41)50-25-28-12-17-34(46-5)35(22-28)49-21-8-18-44-3)29-13-15-31(16-14-29)48-20-9-19-47-26-30-10-6-7-11-33(30)45-4/h6-7,10-17,22,27,32,36-38,42H,8-9,18-21,23-26,40H2,1-5H3/t32-,36+,37+,38?/m1/s1. The van der Waals surface area contributed by atoms with E-state index >= 15 is 0 Å². The van der Waals surface area contributed by atoms with Crippen molar-refractivity contribution in [2.24, 2.45) is 11.7 Å². The molecule has 0 bridgehead atoms. The summed E-state index contributed by atoms with van der Waals surface area (Å²) in [7, 11) is 4.91. The third-order valence-corrected chi connectivity index (χ3v) is 8.80. The molecule has 11 nitrogen and oxygen atoms in total. The Morgan fingerprint density at radius 3 is 2.28 bits per heavy atom. The molecule has 4 rings (SSSR count). The van der Waals surface area contributed by atoms with Gasteiger partial charge in [0.25, 0.3) is 0 Å². The van der Waals surface area contributed by atoms with E-state index in [2.05, 4.69) is 0 Å².